The van der Waals surface area contributed by atoms with Crippen LogP contribution in [0.15, 0.2) is 24.4 Å². The molecular weight excluding hydrogens is 106 g/mol. The fourth-order valence-corrected chi connectivity index (χ4v) is 0.198. The Bertz CT molecular complexity index is 137. The van der Waals surface area contributed by atoms with Gasteiger partial charge in [0.15, 0.2) is 0 Å². The number of carbonyl (C=O) groups is 1. The molecule has 0 atom stereocenters. The van der Waals surface area contributed by atoms with E-state index in [-0.39, 0.29) is 5.70 Å². The third-order valence-corrected chi connectivity index (χ3v) is 0.544. The Balaban J connectivity index is 3.99. The Hall–Kier alpha value is -1.25. The molecule has 0 aliphatic heterocycles. The van der Waals surface area contributed by atoms with E-state index in [9.17, 15) is 4.79 Å². The first-order valence-corrected chi connectivity index (χ1v) is 2.00. The fourth-order valence-electron chi connectivity index (χ4n) is 0.198. The highest BCUT2D eigenvalue weighted by molar-refractivity contribution is 5.85. The van der Waals surface area contributed by atoms with Crippen LogP contribution in [0.1, 0.15) is 0 Å². The van der Waals surface area contributed by atoms with Crippen molar-refractivity contribution in [1.29, 1.82) is 0 Å². The van der Waals surface area contributed by atoms with Crippen molar-refractivity contribution < 1.29 is 9.90 Å². The molecule has 0 heterocycles. The third kappa shape index (κ3) is 2.02. The standard InChI is InChI=1S/C5H7NO2/c1-2-3-4(6)5(7)8/h2-3H,1,6H2,(H,7,8)/b4-3-. The van der Waals surface area contributed by atoms with Crippen molar-refractivity contribution in [3.05, 3.63) is 24.4 Å². The van der Waals surface area contributed by atoms with Gasteiger partial charge in [-0.05, 0) is 6.08 Å². The summed E-state index contributed by atoms with van der Waals surface area (Å²) in [6.45, 7) is 3.26. The molecule has 0 aliphatic carbocycles. The molecule has 3 heteroatoms. The summed E-state index contributed by atoms with van der Waals surface area (Å²) in [5, 5.41) is 8.07. The van der Waals surface area contributed by atoms with Crippen LogP contribution < -0.4 is 5.73 Å². The maximum absolute atomic E-state index is 9.85. The number of aliphatic carboxylic acids is 1. The molecule has 0 spiro atoms. The summed E-state index contributed by atoms with van der Waals surface area (Å²) in [5.41, 5.74) is 4.72. The minimum absolute atomic E-state index is 0.194. The van der Waals surface area contributed by atoms with Crippen LogP contribution in [0, 0.1) is 0 Å². The molecular formula is C5H7NO2. The molecule has 0 bridgehead atoms. The van der Waals surface area contributed by atoms with Gasteiger partial charge in [-0.1, -0.05) is 12.7 Å². The van der Waals surface area contributed by atoms with E-state index in [0.29, 0.717) is 0 Å². The maximum Gasteiger partial charge on any atom is 0.351 e. The summed E-state index contributed by atoms with van der Waals surface area (Å²) >= 11 is 0. The summed E-state index contributed by atoms with van der Waals surface area (Å²) in [4.78, 5) is 9.85. The molecule has 0 unspecified atom stereocenters. The first-order chi connectivity index (χ1) is 3.68. The van der Waals surface area contributed by atoms with Crippen molar-refractivity contribution in [1.82, 2.24) is 0 Å². The number of rotatable bonds is 2. The first kappa shape index (κ1) is 6.75. The molecule has 3 N–H and O–H groups in total. The summed E-state index contributed by atoms with van der Waals surface area (Å²) < 4.78 is 0. The molecule has 0 aromatic rings. The van der Waals surface area contributed by atoms with Crippen LogP contribution >= 0.6 is 0 Å². The molecule has 0 aromatic heterocycles. The minimum Gasteiger partial charge on any atom is -0.477 e. The summed E-state index contributed by atoms with van der Waals surface area (Å²) in [6, 6.07) is 0. The zero-order valence-corrected chi connectivity index (χ0v) is 4.29. The van der Waals surface area contributed by atoms with E-state index >= 15 is 0 Å². The van der Waals surface area contributed by atoms with Gasteiger partial charge in [-0.3, -0.25) is 0 Å². The van der Waals surface area contributed by atoms with Crippen LogP contribution in [0.3, 0.4) is 0 Å². The van der Waals surface area contributed by atoms with Gasteiger partial charge >= 0.3 is 5.97 Å². The Labute approximate surface area is 47.1 Å². The van der Waals surface area contributed by atoms with Crippen molar-refractivity contribution in [3.8, 4) is 0 Å². The lowest BCUT2D eigenvalue weighted by molar-refractivity contribution is -0.132. The summed E-state index contributed by atoms with van der Waals surface area (Å²) in [5.74, 6) is -1.12. The molecule has 0 aromatic carbocycles. The van der Waals surface area contributed by atoms with Crippen LogP contribution in [0.5, 0.6) is 0 Å². The van der Waals surface area contributed by atoms with Gasteiger partial charge in [0.1, 0.15) is 5.70 Å². The van der Waals surface area contributed by atoms with Crippen LogP contribution in [-0.2, 0) is 4.79 Å². The van der Waals surface area contributed by atoms with E-state index in [4.69, 9.17) is 10.8 Å². The maximum atomic E-state index is 9.85. The average molecular weight is 113 g/mol. The molecule has 0 saturated heterocycles. The lowest BCUT2D eigenvalue weighted by atomic mass is 10.4. The fraction of sp³-hybridized carbons (Fsp3) is 0. The van der Waals surface area contributed by atoms with E-state index < -0.39 is 5.97 Å². The molecule has 0 aliphatic rings. The van der Waals surface area contributed by atoms with E-state index in [1.54, 1.807) is 0 Å². The van der Waals surface area contributed by atoms with Gasteiger partial charge in [-0.25, -0.2) is 4.79 Å². The quantitative estimate of drug-likeness (QED) is 0.394. The van der Waals surface area contributed by atoms with Gasteiger partial charge in [0, 0.05) is 0 Å². The van der Waals surface area contributed by atoms with Gasteiger partial charge in [0.05, 0.1) is 0 Å². The van der Waals surface area contributed by atoms with Gasteiger partial charge in [0.25, 0.3) is 0 Å². The van der Waals surface area contributed by atoms with E-state index in [1.165, 1.54) is 12.2 Å². The predicted octanol–water partition coefficient (Wildman–Crippen LogP) is 0.0996. The second-order valence-electron chi connectivity index (χ2n) is 1.16. The van der Waals surface area contributed by atoms with Gasteiger partial charge in [-0.15, -0.1) is 0 Å². The largest absolute Gasteiger partial charge is 0.477 e. The molecule has 0 amide bonds. The van der Waals surface area contributed by atoms with Gasteiger partial charge < -0.3 is 10.8 Å². The molecule has 0 radical (unpaired) electrons. The Kier molecular flexibility index (Phi) is 2.40. The molecule has 0 saturated carbocycles. The minimum atomic E-state index is -1.12. The smallest absolute Gasteiger partial charge is 0.351 e. The van der Waals surface area contributed by atoms with Gasteiger partial charge in [0.2, 0.25) is 0 Å². The highest BCUT2D eigenvalue weighted by Gasteiger charge is 1.95. The average Bonchev–Trinajstić information content (AvgIpc) is 1.67. The van der Waals surface area contributed by atoms with Crippen LogP contribution in [-0.4, -0.2) is 11.1 Å². The van der Waals surface area contributed by atoms with Crippen LogP contribution in [0.4, 0.5) is 0 Å². The molecule has 44 valence electrons. The Morgan fingerprint density at radius 2 is 2.25 bits per heavy atom. The third-order valence-electron chi connectivity index (χ3n) is 0.544. The normalized spacial score (nSPS) is 10.8. The summed E-state index contributed by atoms with van der Waals surface area (Å²) in [7, 11) is 0. The molecule has 8 heavy (non-hydrogen) atoms. The molecule has 0 rings (SSSR count). The molecule has 3 nitrogen and oxygen atoms in total. The number of hydrogen-bond donors (Lipinski definition) is 2. The summed E-state index contributed by atoms with van der Waals surface area (Å²) in [6.07, 6.45) is 2.55. The highest BCUT2D eigenvalue weighted by atomic mass is 16.4. The molecule has 0 fully saturated rings. The van der Waals surface area contributed by atoms with Crippen molar-refractivity contribution in [3.63, 3.8) is 0 Å². The number of nitrogens with two attached hydrogens (primary N) is 1. The predicted molar refractivity (Wildman–Crippen MR) is 30.1 cm³/mol. The zero-order valence-electron chi connectivity index (χ0n) is 4.29. The lowest BCUT2D eigenvalue weighted by Gasteiger charge is -1.85. The van der Waals surface area contributed by atoms with Crippen molar-refractivity contribution >= 4 is 5.97 Å². The van der Waals surface area contributed by atoms with E-state index in [2.05, 4.69) is 6.58 Å². The van der Waals surface area contributed by atoms with E-state index in [0.717, 1.165) is 0 Å². The SMILES string of the molecule is C=C/C=C(\N)C(=O)O. The topological polar surface area (TPSA) is 63.3 Å². The Morgan fingerprint density at radius 1 is 1.75 bits per heavy atom. The van der Waals surface area contributed by atoms with Crippen LogP contribution in [0.25, 0.3) is 0 Å². The van der Waals surface area contributed by atoms with Crippen molar-refractivity contribution in [2.45, 2.75) is 0 Å². The Morgan fingerprint density at radius 3 is 2.38 bits per heavy atom. The number of hydrogen-bond acceptors (Lipinski definition) is 2. The van der Waals surface area contributed by atoms with Crippen LogP contribution in [0.2, 0.25) is 0 Å². The number of allylic oxidation sites excluding steroid dienone is 2. The first-order valence-electron chi connectivity index (χ1n) is 2.00. The van der Waals surface area contributed by atoms with E-state index in [1.807, 2.05) is 0 Å². The number of carboxylic acids is 1. The van der Waals surface area contributed by atoms with Crippen molar-refractivity contribution in [2.24, 2.45) is 5.73 Å². The highest BCUT2D eigenvalue weighted by Crippen LogP contribution is 1.81. The lowest BCUT2D eigenvalue weighted by Crippen LogP contribution is -2.08. The van der Waals surface area contributed by atoms with Crippen molar-refractivity contribution in [2.75, 3.05) is 0 Å². The second-order valence-corrected chi connectivity index (χ2v) is 1.16. The second kappa shape index (κ2) is 2.85. The monoisotopic (exact) mass is 113 g/mol. The van der Waals surface area contributed by atoms with Gasteiger partial charge in [-0.2, -0.15) is 0 Å². The number of carboxylic acid groups (broad SMARTS) is 1. The zero-order chi connectivity index (χ0) is 6.57.